The van der Waals surface area contributed by atoms with Crippen LogP contribution in [0.1, 0.15) is 5.56 Å². The van der Waals surface area contributed by atoms with Gasteiger partial charge >= 0.3 is 10.5 Å². The molecule has 0 spiro atoms. The van der Waals surface area contributed by atoms with Crippen LogP contribution in [0.25, 0.3) is 0 Å². The largest absolute Gasteiger partial charge is 0.488 e. The second-order valence-electron chi connectivity index (χ2n) is 3.31. The van der Waals surface area contributed by atoms with Crippen LogP contribution in [-0.4, -0.2) is 21.7 Å². The highest BCUT2D eigenvalue weighted by Gasteiger charge is 2.11. The summed E-state index contributed by atoms with van der Waals surface area (Å²) < 4.78 is 42.4. The molecule has 1 aromatic rings. The van der Waals surface area contributed by atoms with Gasteiger partial charge in [-0.15, -0.1) is 0 Å². The maximum Gasteiger partial charge on any atom is 0.488 e. The predicted octanol–water partition coefficient (Wildman–Crippen LogP) is 2.68. The van der Waals surface area contributed by atoms with Gasteiger partial charge < -0.3 is 8.71 Å². The van der Waals surface area contributed by atoms with Crippen LogP contribution in [-0.2, 0) is 10.5 Å². The van der Waals surface area contributed by atoms with Crippen molar-refractivity contribution in [2.75, 3.05) is 13.3 Å². The minimum atomic E-state index is -4.99. The van der Waals surface area contributed by atoms with E-state index in [9.17, 15) is 12.3 Å². The molecule has 0 aliphatic rings. The van der Waals surface area contributed by atoms with Crippen molar-refractivity contribution in [2.24, 2.45) is 0 Å². The Morgan fingerprint density at radius 1 is 1.29 bits per heavy atom. The predicted molar refractivity (Wildman–Crippen MR) is 72.3 cm³/mol. The lowest BCUT2D eigenvalue weighted by atomic mass is 10.2. The highest BCUT2D eigenvalue weighted by molar-refractivity contribution is 7.81. The summed E-state index contributed by atoms with van der Waals surface area (Å²) in [5.41, 5.74) is 0.833. The summed E-state index contributed by atoms with van der Waals surface area (Å²) in [6.45, 7) is 5.60. The molecule has 0 aliphatic heterocycles. The monoisotopic (exact) mass is 300 g/mol. The average molecular weight is 300 g/mol. The molecule has 1 rings (SSSR count). The SMILES string of the molecule is Cc1ccc(OS(=O)(=O)F)cc1OP(C)C.P. The molecule has 0 saturated heterocycles. The Bertz CT molecular complexity index is 476. The van der Waals surface area contributed by atoms with E-state index in [1.165, 1.54) is 12.1 Å². The smallest absolute Gasteiger partial charge is 0.474 e. The van der Waals surface area contributed by atoms with Crippen LogP contribution >= 0.6 is 18.0 Å². The Morgan fingerprint density at radius 2 is 1.88 bits per heavy atom. The molecule has 17 heavy (non-hydrogen) atoms. The molecular weight excluding hydrogens is 285 g/mol. The minimum absolute atomic E-state index is 0. The van der Waals surface area contributed by atoms with Crippen molar-refractivity contribution >= 4 is 28.6 Å². The van der Waals surface area contributed by atoms with Crippen LogP contribution in [0.2, 0.25) is 0 Å². The van der Waals surface area contributed by atoms with Gasteiger partial charge in [-0.25, -0.2) is 0 Å². The van der Waals surface area contributed by atoms with Gasteiger partial charge in [0.2, 0.25) is 0 Å². The van der Waals surface area contributed by atoms with Crippen molar-refractivity contribution in [3.05, 3.63) is 23.8 Å². The number of rotatable bonds is 4. The Labute approximate surface area is 105 Å². The summed E-state index contributed by atoms with van der Waals surface area (Å²) in [6.07, 6.45) is 0. The number of aryl methyl sites for hydroxylation is 1. The summed E-state index contributed by atoms with van der Waals surface area (Å²) in [6, 6.07) is 4.33. The molecule has 0 N–H and O–H groups in total. The van der Waals surface area contributed by atoms with Crippen LogP contribution in [0.3, 0.4) is 0 Å². The first-order valence-electron chi connectivity index (χ1n) is 4.38. The fraction of sp³-hybridized carbons (Fsp3) is 0.333. The van der Waals surface area contributed by atoms with Gasteiger partial charge in [-0.2, -0.15) is 18.3 Å². The third-order valence-corrected chi connectivity index (χ3v) is 2.59. The molecule has 0 aliphatic carbocycles. The maximum absolute atomic E-state index is 12.3. The topological polar surface area (TPSA) is 52.6 Å². The molecule has 0 radical (unpaired) electrons. The first kappa shape index (κ1) is 16.6. The Kier molecular flexibility index (Phi) is 6.31. The van der Waals surface area contributed by atoms with E-state index in [4.69, 9.17) is 4.52 Å². The quantitative estimate of drug-likeness (QED) is 0.633. The van der Waals surface area contributed by atoms with Gasteiger partial charge in [0.05, 0.1) is 8.15 Å². The van der Waals surface area contributed by atoms with E-state index in [-0.39, 0.29) is 15.6 Å². The van der Waals surface area contributed by atoms with Gasteiger partial charge in [-0.1, -0.05) is 9.95 Å². The van der Waals surface area contributed by atoms with E-state index in [1.807, 2.05) is 20.3 Å². The average Bonchev–Trinajstić information content (AvgIpc) is 2.07. The fourth-order valence-corrected chi connectivity index (χ4v) is 1.97. The molecule has 1 unspecified atom stereocenters. The maximum atomic E-state index is 12.3. The molecule has 0 amide bonds. The van der Waals surface area contributed by atoms with Gasteiger partial charge in [0.15, 0.2) is 0 Å². The van der Waals surface area contributed by atoms with Gasteiger partial charge in [0, 0.05) is 6.07 Å². The summed E-state index contributed by atoms with van der Waals surface area (Å²) in [7, 11) is -5.62. The summed E-state index contributed by atoms with van der Waals surface area (Å²) in [5, 5.41) is 0. The lowest BCUT2D eigenvalue weighted by Crippen LogP contribution is -2.01. The first-order valence-corrected chi connectivity index (χ1v) is 7.84. The highest BCUT2D eigenvalue weighted by Crippen LogP contribution is 2.34. The van der Waals surface area contributed by atoms with Crippen LogP contribution < -0.4 is 8.71 Å². The van der Waals surface area contributed by atoms with Crippen LogP contribution in [0.4, 0.5) is 3.89 Å². The van der Waals surface area contributed by atoms with Gasteiger partial charge in [-0.05, 0) is 31.9 Å². The summed E-state index contributed by atoms with van der Waals surface area (Å²) in [4.78, 5) is 0. The molecule has 1 atom stereocenters. The Hall–Kier alpha value is -0.440. The van der Waals surface area contributed by atoms with Crippen molar-refractivity contribution in [3.63, 3.8) is 0 Å². The second kappa shape index (κ2) is 6.48. The Balaban J connectivity index is 0.00000256. The van der Waals surface area contributed by atoms with Crippen molar-refractivity contribution in [3.8, 4) is 11.5 Å². The van der Waals surface area contributed by atoms with Gasteiger partial charge in [0.25, 0.3) is 0 Å². The third kappa shape index (κ3) is 6.16. The lowest BCUT2D eigenvalue weighted by molar-refractivity contribution is 0.439. The fourth-order valence-electron chi connectivity index (χ4n) is 1.04. The highest BCUT2D eigenvalue weighted by atomic mass is 32.3. The van der Waals surface area contributed by atoms with E-state index in [0.717, 1.165) is 5.56 Å². The molecule has 4 nitrogen and oxygen atoms in total. The number of hydrogen-bond acceptors (Lipinski definition) is 4. The normalized spacial score (nSPS) is 10.9. The van der Waals surface area contributed by atoms with Gasteiger partial charge in [0.1, 0.15) is 11.5 Å². The molecule has 98 valence electrons. The van der Waals surface area contributed by atoms with Crippen molar-refractivity contribution < 1.29 is 21.0 Å². The van der Waals surface area contributed by atoms with E-state index in [0.29, 0.717) is 5.75 Å². The van der Waals surface area contributed by atoms with E-state index in [2.05, 4.69) is 4.18 Å². The Morgan fingerprint density at radius 3 is 2.35 bits per heavy atom. The molecule has 8 heteroatoms. The molecule has 0 heterocycles. The van der Waals surface area contributed by atoms with E-state index < -0.39 is 18.7 Å². The van der Waals surface area contributed by atoms with E-state index in [1.54, 1.807) is 6.07 Å². The number of hydrogen-bond donors (Lipinski definition) is 0. The standard InChI is InChI=1S/C9H12FO4PS.H3P/c1-7-4-5-8(14-16(10,11)12)6-9(7)13-15(2)3;/h4-6H,1-3H3;1H3. The van der Waals surface area contributed by atoms with Crippen molar-refractivity contribution in [1.29, 1.82) is 0 Å². The molecular formula is C9H15FO4P2S. The third-order valence-electron chi connectivity index (χ3n) is 1.64. The van der Waals surface area contributed by atoms with Crippen molar-refractivity contribution in [2.45, 2.75) is 6.92 Å². The zero-order chi connectivity index (χ0) is 12.3. The molecule has 0 bridgehead atoms. The first-order chi connectivity index (χ1) is 7.28. The minimum Gasteiger partial charge on any atom is -0.474 e. The van der Waals surface area contributed by atoms with Crippen LogP contribution in [0.15, 0.2) is 18.2 Å². The molecule has 1 aromatic carbocycles. The van der Waals surface area contributed by atoms with Gasteiger partial charge in [-0.3, -0.25) is 0 Å². The zero-order valence-corrected chi connectivity index (χ0v) is 12.9. The molecule has 0 saturated carbocycles. The summed E-state index contributed by atoms with van der Waals surface area (Å²) >= 11 is 0. The lowest BCUT2D eigenvalue weighted by Gasteiger charge is -2.12. The zero-order valence-electron chi connectivity index (χ0n) is 9.81. The van der Waals surface area contributed by atoms with E-state index >= 15 is 0 Å². The molecule has 0 fully saturated rings. The molecule has 0 aromatic heterocycles. The summed E-state index contributed by atoms with van der Waals surface area (Å²) in [5.74, 6) is 0.400. The number of halogens is 1. The van der Waals surface area contributed by atoms with Crippen LogP contribution in [0, 0.1) is 6.92 Å². The second-order valence-corrected chi connectivity index (χ2v) is 6.07. The van der Waals surface area contributed by atoms with Crippen LogP contribution in [0.5, 0.6) is 11.5 Å². The number of benzene rings is 1. The van der Waals surface area contributed by atoms with Crippen molar-refractivity contribution in [1.82, 2.24) is 0 Å².